The Labute approximate surface area is 141 Å². The van der Waals surface area contributed by atoms with E-state index in [1.807, 2.05) is 6.92 Å². The standard InChI is InChI=1S/C18H24O6/c1-17(22)5-4-11(8-15(17)19)18(2)9-12-13(23-3)6-10(16(20)21)7-14(12)24-18/h6-7,11,15,19,22H,4-5,8-9H2,1-3H3,(H,20,21)/t11?,15-,17+,18?/m1/s1. The van der Waals surface area contributed by atoms with Gasteiger partial charge in [-0.25, -0.2) is 4.79 Å². The number of ether oxygens (including phenoxy) is 2. The third kappa shape index (κ3) is 2.74. The zero-order valence-electron chi connectivity index (χ0n) is 14.2. The molecule has 3 N–H and O–H groups in total. The second-order valence-corrected chi connectivity index (χ2v) is 7.40. The van der Waals surface area contributed by atoms with Gasteiger partial charge in [0, 0.05) is 17.9 Å². The van der Waals surface area contributed by atoms with Crippen LogP contribution in [0.4, 0.5) is 0 Å². The van der Waals surface area contributed by atoms with E-state index in [1.165, 1.54) is 19.2 Å². The fourth-order valence-electron chi connectivity index (χ4n) is 3.89. The van der Waals surface area contributed by atoms with Gasteiger partial charge in [0.1, 0.15) is 17.1 Å². The number of aromatic carboxylic acids is 1. The Morgan fingerprint density at radius 2 is 2.08 bits per heavy atom. The van der Waals surface area contributed by atoms with Crippen LogP contribution in [0.1, 0.15) is 49.0 Å². The maximum Gasteiger partial charge on any atom is 0.335 e. The van der Waals surface area contributed by atoms with Gasteiger partial charge in [-0.15, -0.1) is 0 Å². The predicted molar refractivity (Wildman–Crippen MR) is 86.7 cm³/mol. The van der Waals surface area contributed by atoms with Gasteiger partial charge in [-0.3, -0.25) is 0 Å². The molecule has 0 saturated heterocycles. The maximum absolute atomic E-state index is 11.3. The second-order valence-electron chi connectivity index (χ2n) is 7.40. The molecule has 6 nitrogen and oxygen atoms in total. The summed E-state index contributed by atoms with van der Waals surface area (Å²) >= 11 is 0. The lowest BCUT2D eigenvalue weighted by atomic mass is 9.70. The van der Waals surface area contributed by atoms with Crippen molar-refractivity contribution in [2.45, 2.75) is 56.8 Å². The first-order valence-corrected chi connectivity index (χ1v) is 8.20. The zero-order valence-corrected chi connectivity index (χ0v) is 14.2. The van der Waals surface area contributed by atoms with Crippen LogP contribution < -0.4 is 9.47 Å². The van der Waals surface area contributed by atoms with E-state index in [0.717, 1.165) is 12.0 Å². The predicted octanol–water partition coefficient (Wildman–Crippen LogP) is 2.00. The highest BCUT2D eigenvalue weighted by Crippen LogP contribution is 2.48. The highest BCUT2D eigenvalue weighted by atomic mass is 16.5. The van der Waals surface area contributed by atoms with Crippen LogP contribution in [-0.2, 0) is 6.42 Å². The minimum Gasteiger partial charge on any atom is -0.496 e. The highest BCUT2D eigenvalue weighted by Gasteiger charge is 2.49. The van der Waals surface area contributed by atoms with Crippen LogP contribution in [0.25, 0.3) is 0 Å². The molecule has 6 heteroatoms. The van der Waals surface area contributed by atoms with Crippen LogP contribution in [-0.4, -0.2) is 45.7 Å². The summed E-state index contributed by atoms with van der Waals surface area (Å²) in [5.41, 5.74) is -0.630. The molecule has 0 bridgehead atoms. The van der Waals surface area contributed by atoms with Gasteiger partial charge in [-0.05, 0) is 45.2 Å². The third-order valence-electron chi connectivity index (χ3n) is 5.59. The van der Waals surface area contributed by atoms with E-state index >= 15 is 0 Å². The second kappa shape index (κ2) is 5.63. The van der Waals surface area contributed by atoms with Crippen molar-refractivity contribution in [2.75, 3.05) is 7.11 Å². The third-order valence-corrected chi connectivity index (χ3v) is 5.59. The Morgan fingerprint density at radius 3 is 2.67 bits per heavy atom. The minimum atomic E-state index is -1.06. The molecular weight excluding hydrogens is 312 g/mol. The quantitative estimate of drug-likeness (QED) is 0.781. The smallest absolute Gasteiger partial charge is 0.335 e. The number of methoxy groups -OCH3 is 1. The Balaban J connectivity index is 1.89. The van der Waals surface area contributed by atoms with Gasteiger partial charge in [0.05, 0.1) is 24.4 Å². The number of carbonyl (C=O) groups is 1. The van der Waals surface area contributed by atoms with Gasteiger partial charge in [-0.1, -0.05) is 0 Å². The zero-order chi connectivity index (χ0) is 17.7. The molecule has 4 atom stereocenters. The molecule has 1 aliphatic carbocycles. The van der Waals surface area contributed by atoms with E-state index < -0.39 is 23.3 Å². The molecule has 1 heterocycles. The first-order chi connectivity index (χ1) is 11.2. The van der Waals surface area contributed by atoms with Gasteiger partial charge in [-0.2, -0.15) is 0 Å². The Kier molecular flexibility index (Phi) is 4.00. The molecule has 0 amide bonds. The number of aliphatic hydroxyl groups excluding tert-OH is 1. The molecule has 2 unspecified atom stereocenters. The van der Waals surface area contributed by atoms with E-state index in [9.17, 15) is 20.1 Å². The molecule has 132 valence electrons. The number of hydrogen-bond acceptors (Lipinski definition) is 5. The Hall–Kier alpha value is -1.79. The molecule has 0 radical (unpaired) electrons. The molecule has 1 saturated carbocycles. The number of rotatable bonds is 3. The van der Waals surface area contributed by atoms with Crippen LogP contribution in [0.2, 0.25) is 0 Å². The maximum atomic E-state index is 11.3. The van der Waals surface area contributed by atoms with E-state index in [4.69, 9.17) is 9.47 Å². The van der Waals surface area contributed by atoms with E-state index in [1.54, 1.807) is 6.92 Å². The summed E-state index contributed by atoms with van der Waals surface area (Å²) < 4.78 is 11.5. The number of carboxylic acids is 1. The van der Waals surface area contributed by atoms with Crippen molar-refractivity contribution in [3.8, 4) is 11.5 Å². The molecule has 2 aliphatic rings. The lowest BCUT2D eigenvalue weighted by Crippen LogP contribution is -2.51. The van der Waals surface area contributed by atoms with Crippen molar-refractivity contribution >= 4 is 5.97 Å². The molecule has 1 aromatic carbocycles. The number of carboxylic acid groups (broad SMARTS) is 1. The summed E-state index contributed by atoms with van der Waals surface area (Å²) in [4.78, 5) is 11.3. The van der Waals surface area contributed by atoms with Gasteiger partial charge >= 0.3 is 5.97 Å². The number of benzene rings is 1. The van der Waals surface area contributed by atoms with E-state index in [-0.39, 0.29) is 11.5 Å². The van der Waals surface area contributed by atoms with Gasteiger partial charge in [0.25, 0.3) is 0 Å². The highest BCUT2D eigenvalue weighted by molar-refractivity contribution is 5.89. The lowest BCUT2D eigenvalue weighted by molar-refractivity contribution is -0.121. The molecule has 1 fully saturated rings. The van der Waals surface area contributed by atoms with Crippen LogP contribution >= 0.6 is 0 Å². The monoisotopic (exact) mass is 336 g/mol. The van der Waals surface area contributed by atoms with Crippen molar-refractivity contribution in [1.82, 2.24) is 0 Å². The van der Waals surface area contributed by atoms with Crippen molar-refractivity contribution in [2.24, 2.45) is 5.92 Å². The largest absolute Gasteiger partial charge is 0.496 e. The molecule has 3 rings (SSSR count). The van der Waals surface area contributed by atoms with Crippen molar-refractivity contribution in [3.05, 3.63) is 23.3 Å². The first kappa shape index (κ1) is 17.0. The first-order valence-electron chi connectivity index (χ1n) is 8.20. The Morgan fingerprint density at radius 1 is 1.38 bits per heavy atom. The van der Waals surface area contributed by atoms with Crippen LogP contribution in [0.5, 0.6) is 11.5 Å². The van der Waals surface area contributed by atoms with Crippen molar-refractivity contribution < 1.29 is 29.6 Å². The van der Waals surface area contributed by atoms with Crippen molar-refractivity contribution in [3.63, 3.8) is 0 Å². The summed E-state index contributed by atoms with van der Waals surface area (Å²) in [6, 6.07) is 3.04. The summed E-state index contributed by atoms with van der Waals surface area (Å²) in [5, 5.41) is 29.6. The summed E-state index contributed by atoms with van der Waals surface area (Å²) in [7, 11) is 1.51. The topological polar surface area (TPSA) is 96.2 Å². The van der Waals surface area contributed by atoms with Crippen LogP contribution in [0.15, 0.2) is 12.1 Å². The molecule has 1 aromatic rings. The van der Waals surface area contributed by atoms with Gasteiger partial charge in [0.2, 0.25) is 0 Å². The van der Waals surface area contributed by atoms with E-state index in [2.05, 4.69) is 0 Å². The minimum absolute atomic E-state index is 0.0677. The molecule has 24 heavy (non-hydrogen) atoms. The number of aliphatic hydroxyl groups is 2. The number of fused-ring (bicyclic) bond motifs is 1. The molecule has 1 aliphatic heterocycles. The van der Waals surface area contributed by atoms with Crippen LogP contribution in [0.3, 0.4) is 0 Å². The summed E-state index contributed by atoms with van der Waals surface area (Å²) in [6.07, 6.45) is 1.49. The summed E-state index contributed by atoms with van der Waals surface area (Å²) in [5.74, 6) is 0.0774. The van der Waals surface area contributed by atoms with E-state index in [0.29, 0.717) is 30.8 Å². The molecule has 0 aromatic heterocycles. The SMILES string of the molecule is COc1cc(C(=O)O)cc2c1CC(C)(C1CC[C@](C)(O)[C@H](O)C1)O2. The van der Waals surface area contributed by atoms with Crippen molar-refractivity contribution in [1.29, 1.82) is 0 Å². The summed E-state index contributed by atoms with van der Waals surface area (Å²) in [6.45, 7) is 3.63. The average Bonchev–Trinajstić information content (AvgIpc) is 2.86. The molecule has 0 spiro atoms. The van der Waals surface area contributed by atoms with Gasteiger partial charge < -0.3 is 24.8 Å². The normalized spacial score (nSPS) is 35.2. The fraction of sp³-hybridized carbons (Fsp3) is 0.611. The molecular formula is C18H24O6. The average molecular weight is 336 g/mol. The Bertz CT molecular complexity index is 668. The lowest BCUT2D eigenvalue weighted by Gasteiger charge is -2.43. The number of hydrogen-bond donors (Lipinski definition) is 3. The fourth-order valence-corrected chi connectivity index (χ4v) is 3.89. The van der Waals surface area contributed by atoms with Gasteiger partial charge in [0.15, 0.2) is 0 Å². The van der Waals surface area contributed by atoms with Crippen LogP contribution in [0, 0.1) is 5.92 Å².